The molecule has 0 amide bonds. The van der Waals surface area contributed by atoms with E-state index >= 15 is 0 Å². The largest absolute Gasteiger partial charge is 0.241 e. The molecule has 0 atom stereocenters. The minimum atomic E-state index is 0.994. The Hall–Kier alpha value is -1.28. The van der Waals surface area contributed by atoms with Crippen molar-refractivity contribution in [3.05, 3.63) is 48.4 Å². The second-order valence-corrected chi connectivity index (χ2v) is 3.61. The Morgan fingerprint density at radius 1 is 1.15 bits per heavy atom. The highest BCUT2D eigenvalue weighted by Crippen LogP contribution is 2.19. The first-order valence-corrected chi connectivity index (χ1v) is 4.91. The second kappa shape index (κ2) is 3.62. The van der Waals surface area contributed by atoms with Crippen LogP contribution < -0.4 is 0 Å². The van der Waals surface area contributed by atoms with Crippen molar-refractivity contribution in [2.45, 2.75) is 5.03 Å². The number of benzene rings is 1. The molecule has 0 aliphatic rings. The Morgan fingerprint density at radius 2 is 2.00 bits per heavy atom. The fraction of sp³-hybridized carbons (Fsp3) is 0. The number of hydrogen-bond donors (Lipinski definition) is 0. The average Bonchev–Trinajstić information content (AvgIpc) is 2.18. The first kappa shape index (κ1) is 8.32. The maximum atomic E-state index is 4.46. The summed E-state index contributed by atoms with van der Waals surface area (Å²) in [6, 6.07) is 12.2. The molecule has 1 heterocycles. The molecule has 0 spiro atoms. The molecule has 1 aromatic heterocycles. The number of rotatable bonds is 2. The number of hydrogen-bond acceptors (Lipinski definition) is 2. The van der Waals surface area contributed by atoms with Crippen LogP contribution in [0.15, 0.2) is 53.4 Å². The van der Waals surface area contributed by atoms with Crippen LogP contribution in [0.5, 0.6) is 0 Å². The third-order valence-corrected chi connectivity index (χ3v) is 2.41. The maximum Gasteiger partial charge on any atom is 0.101 e. The van der Waals surface area contributed by atoms with Gasteiger partial charge in [-0.15, -0.1) is 0 Å². The molecule has 0 aliphatic heterocycles. The Morgan fingerprint density at radius 3 is 2.85 bits per heavy atom. The summed E-state index contributed by atoms with van der Waals surface area (Å²) in [7, 11) is 0. The summed E-state index contributed by atoms with van der Waals surface area (Å²) < 4.78 is 0. The van der Waals surface area contributed by atoms with Gasteiger partial charge < -0.3 is 0 Å². The lowest BCUT2D eigenvalue weighted by atomic mass is 10.2. The van der Waals surface area contributed by atoms with Gasteiger partial charge >= 0.3 is 0 Å². The van der Waals surface area contributed by atoms with Gasteiger partial charge in [0.25, 0.3) is 0 Å². The van der Waals surface area contributed by atoms with Crippen molar-refractivity contribution in [2.75, 3.05) is 0 Å². The Balaban J connectivity index is 2.55. The second-order valence-electron chi connectivity index (χ2n) is 2.63. The van der Waals surface area contributed by atoms with Gasteiger partial charge in [-0.2, -0.15) is 0 Å². The van der Waals surface area contributed by atoms with Gasteiger partial charge in [-0.3, -0.25) is 0 Å². The summed E-state index contributed by atoms with van der Waals surface area (Å²) in [5.41, 5.74) is 1.04. The van der Waals surface area contributed by atoms with E-state index in [1.54, 1.807) is 17.2 Å². The zero-order chi connectivity index (χ0) is 9.10. The summed E-state index contributed by atoms with van der Waals surface area (Å²) in [6.07, 6.45) is 0. The van der Waals surface area contributed by atoms with E-state index in [-0.39, 0.29) is 0 Å². The average molecular weight is 187 g/mol. The van der Waals surface area contributed by atoms with Gasteiger partial charge in [-0.05, 0) is 17.5 Å². The van der Waals surface area contributed by atoms with Gasteiger partial charge in [0.1, 0.15) is 5.03 Å². The number of pyridine rings is 1. The van der Waals surface area contributed by atoms with Crippen LogP contribution in [-0.2, 0) is 0 Å². The smallest absolute Gasteiger partial charge is 0.101 e. The molecular formula is C11H9NS. The normalized spacial score (nSPS) is 10.2. The van der Waals surface area contributed by atoms with Crippen LogP contribution in [0, 0.1) is 0 Å². The molecule has 13 heavy (non-hydrogen) atoms. The van der Waals surface area contributed by atoms with Crippen molar-refractivity contribution in [3.8, 4) is 0 Å². The molecule has 0 N–H and O–H groups in total. The van der Waals surface area contributed by atoms with Crippen molar-refractivity contribution in [1.82, 2.24) is 4.98 Å². The molecule has 0 fully saturated rings. The first-order valence-electron chi connectivity index (χ1n) is 4.03. The van der Waals surface area contributed by atoms with E-state index in [0.29, 0.717) is 0 Å². The number of fused-ring (bicyclic) bond motifs is 1. The topological polar surface area (TPSA) is 12.9 Å². The van der Waals surface area contributed by atoms with Crippen molar-refractivity contribution >= 4 is 22.7 Å². The van der Waals surface area contributed by atoms with E-state index in [4.69, 9.17) is 0 Å². The Kier molecular flexibility index (Phi) is 2.32. The third-order valence-electron chi connectivity index (χ3n) is 1.78. The highest BCUT2D eigenvalue weighted by atomic mass is 32.2. The minimum absolute atomic E-state index is 0.994. The first-order chi connectivity index (χ1) is 6.40. The van der Waals surface area contributed by atoms with Gasteiger partial charge in [0.15, 0.2) is 0 Å². The molecular weight excluding hydrogens is 178 g/mol. The minimum Gasteiger partial charge on any atom is -0.241 e. The predicted molar refractivity (Wildman–Crippen MR) is 57.8 cm³/mol. The monoisotopic (exact) mass is 187 g/mol. The van der Waals surface area contributed by atoms with Crippen molar-refractivity contribution in [3.63, 3.8) is 0 Å². The molecule has 0 unspecified atom stereocenters. The molecule has 0 saturated heterocycles. The summed E-state index contributed by atoms with van der Waals surface area (Å²) >= 11 is 1.54. The van der Waals surface area contributed by atoms with Crippen LogP contribution in [0.25, 0.3) is 10.9 Å². The summed E-state index contributed by atoms with van der Waals surface area (Å²) in [5.74, 6) is 0. The highest BCUT2D eigenvalue weighted by molar-refractivity contribution is 8.02. The van der Waals surface area contributed by atoms with E-state index in [1.807, 2.05) is 24.3 Å². The Bertz CT molecular complexity index is 437. The lowest BCUT2D eigenvalue weighted by Gasteiger charge is -1.98. The van der Waals surface area contributed by atoms with Gasteiger partial charge in [0, 0.05) is 5.39 Å². The molecule has 2 aromatic rings. The molecule has 1 aromatic carbocycles. The van der Waals surface area contributed by atoms with E-state index in [1.165, 1.54) is 5.39 Å². The van der Waals surface area contributed by atoms with E-state index < -0.39 is 0 Å². The highest BCUT2D eigenvalue weighted by Gasteiger charge is 1.95. The van der Waals surface area contributed by atoms with Crippen molar-refractivity contribution in [2.24, 2.45) is 0 Å². The van der Waals surface area contributed by atoms with Crippen LogP contribution >= 0.6 is 11.8 Å². The SMILES string of the molecule is C=CSc1ccc2ccccc2n1. The standard InChI is InChI=1S/C11H9NS/c1-2-13-11-8-7-9-5-3-4-6-10(9)12-11/h2-8H,1H2. The van der Waals surface area contributed by atoms with Crippen LogP contribution in [0.2, 0.25) is 0 Å². The van der Waals surface area contributed by atoms with Gasteiger partial charge in [0.2, 0.25) is 0 Å². The van der Waals surface area contributed by atoms with E-state index in [2.05, 4.69) is 23.7 Å². The molecule has 0 aliphatic carbocycles. The molecule has 64 valence electrons. The number of para-hydroxylation sites is 1. The zero-order valence-electron chi connectivity index (χ0n) is 7.10. The predicted octanol–water partition coefficient (Wildman–Crippen LogP) is 3.47. The van der Waals surface area contributed by atoms with Crippen molar-refractivity contribution in [1.29, 1.82) is 0 Å². The summed E-state index contributed by atoms with van der Waals surface area (Å²) in [6.45, 7) is 3.66. The zero-order valence-corrected chi connectivity index (χ0v) is 7.92. The van der Waals surface area contributed by atoms with Crippen LogP contribution in [0.3, 0.4) is 0 Å². The van der Waals surface area contributed by atoms with Crippen LogP contribution in [-0.4, -0.2) is 4.98 Å². The molecule has 1 nitrogen and oxygen atoms in total. The molecule has 0 saturated carbocycles. The van der Waals surface area contributed by atoms with Crippen molar-refractivity contribution < 1.29 is 0 Å². The lowest BCUT2D eigenvalue weighted by Crippen LogP contribution is -1.79. The summed E-state index contributed by atoms with van der Waals surface area (Å²) in [4.78, 5) is 4.46. The van der Waals surface area contributed by atoms with E-state index in [9.17, 15) is 0 Å². The molecule has 2 rings (SSSR count). The molecule has 0 radical (unpaired) electrons. The third kappa shape index (κ3) is 1.73. The van der Waals surface area contributed by atoms with Crippen LogP contribution in [0.1, 0.15) is 0 Å². The number of nitrogens with zero attached hydrogens (tertiary/aromatic N) is 1. The van der Waals surface area contributed by atoms with Gasteiger partial charge in [0.05, 0.1) is 5.52 Å². The van der Waals surface area contributed by atoms with Gasteiger partial charge in [-0.25, -0.2) is 4.98 Å². The Labute approximate surface area is 81.5 Å². The quantitative estimate of drug-likeness (QED) is 0.668. The number of aromatic nitrogens is 1. The fourth-order valence-electron chi connectivity index (χ4n) is 1.20. The molecule has 0 bridgehead atoms. The summed E-state index contributed by atoms with van der Waals surface area (Å²) in [5, 5.41) is 3.96. The molecule has 2 heteroatoms. The number of thioether (sulfide) groups is 1. The maximum absolute atomic E-state index is 4.46. The van der Waals surface area contributed by atoms with Gasteiger partial charge in [-0.1, -0.05) is 42.6 Å². The fourth-order valence-corrected chi connectivity index (χ4v) is 1.67. The van der Waals surface area contributed by atoms with E-state index in [0.717, 1.165) is 10.5 Å². The lowest BCUT2D eigenvalue weighted by molar-refractivity contribution is 1.20. The van der Waals surface area contributed by atoms with Crippen LogP contribution in [0.4, 0.5) is 0 Å².